The van der Waals surface area contributed by atoms with Gasteiger partial charge in [0, 0.05) is 44.0 Å². The number of halogens is 1. The molecule has 6 atom stereocenters. The number of benzene rings is 2. The molecule has 232 valence electrons. The van der Waals surface area contributed by atoms with Gasteiger partial charge in [0.2, 0.25) is 5.91 Å². The van der Waals surface area contributed by atoms with Crippen LogP contribution in [-0.4, -0.2) is 68.4 Å². The average molecular weight is 609 g/mol. The van der Waals surface area contributed by atoms with Crippen LogP contribution < -0.4 is 9.64 Å². The van der Waals surface area contributed by atoms with Gasteiger partial charge in [-0.05, 0) is 78.0 Å². The van der Waals surface area contributed by atoms with Gasteiger partial charge in [0.05, 0.1) is 31.4 Å². The minimum absolute atomic E-state index is 0.0142. The molecule has 1 saturated carbocycles. The first-order valence-corrected chi connectivity index (χ1v) is 16.0. The van der Waals surface area contributed by atoms with Gasteiger partial charge in [-0.15, -0.1) is 0 Å². The molecule has 1 amide bonds. The molecule has 2 heterocycles. The number of aryl methyl sites for hydroxylation is 1. The summed E-state index contributed by atoms with van der Waals surface area (Å²) in [5.74, 6) is 0.136. The number of anilines is 1. The summed E-state index contributed by atoms with van der Waals surface area (Å²) < 4.78 is 11.7. The van der Waals surface area contributed by atoms with Crippen LogP contribution in [0.25, 0.3) is 0 Å². The van der Waals surface area contributed by atoms with Gasteiger partial charge in [0.25, 0.3) is 0 Å². The molecular weight excluding hydrogens is 564 g/mol. The van der Waals surface area contributed by atoms with Crippen LogP contribution in [0.3, 0.4) is 0 Å². The maximum atomic E-state index is 13.3. The molecule has 7 nitrogen and oxygen atoms in total. The predicted octanol–water partition coefficient (Wildman–Crippen LogP) is 5.97. The lowest BCUT2D eigenvalue weighted by Gasteiger charge is -2.43. The third-order valence-electron chi connectivity index (χ3n) is 9.53. The molecule has 2 aromatic carbocycles. The van der Waals surface area contributed by atoms with Gasteiger partial charge in [-0.25, -0.2) is 0 Å². The topological polar surface area (TPSA) is 79.3 Å². The van der Waals surface area contributed by atoms with Crippen molar-refractivity contribution < 1.29 is 24.2 Å². The highest BCUT2D eigenvalue weighted by Gasteiger charge is 2.38. The summed E-state index contributed by atoms with van der Waals surface area (Å²) in [5.41, 5.74) is 4.14. The number of carbonyl (C=O) groups excluding carboxylic acids is 2. The van der Waals surface area contributed by atoms with E-state index in [1.165, 1.54) is 18.2 Å². The Kier molecular flexibility index (Phi) is 10.0. The van der Waals surface area contributed by atoms with Crippen LogP contribution in [0.4, 0.5) is 5.69 Å². The smallest absolute Gasteiger partial charge is 0.313 e. The summed E-state index contributed by atoms with van der Waals surface area (Å²) in [5, 5.41) is 11.9. The largest absolute Gasteiger partial charge is 0.491 e. The Labute approximate surface area is 260 Å². The van der Waals surface area contributed by atoms with Crippen molar-refractivity contribution in [1.29, 1.82) is 0 Å². The third-order valence-corrected chi connectivity index (χ3v) is 9.76. The molecule has 43 heavy (non-hydrogen) atoms. The molecule has 3 aliphatic rings. The quantitative estimate of drug-likeness (QED) is 0.340. The van der Waals surface area contributed by atoms with Crippen molar-refractivity contribution in [3.63, 3.8) is 0 Å². The van der Waals surface area contributed by atoms with Gasteiger partial charge in [-0.3, -0.25) is 9.59 Å². The molecular formula is C35H45ClN2O5. The van der Waals surface area contributed by atoms with E-state index >= 15 is 0 Å². The van der Waals surface area contributed by atoms with E-state index in [0.717, 1.165) is 60.8 Å². The van der Waals surface area contributed by atoms with Crippen LogP contribution in [0.15, 0.2) is 48.6 Å². The first-order valence-electron chi connectivity index (χ1n) is 15.7. The van der Waals surface area contributed by atoms with E-state index in [4.69, 9.17) is 21.1 Å². The van der Waals surface area contributed by atoms with Gasteiger partial charge in [-0.2, -0.15) is 0 Å². The summed E-state index contributed by atoms with van der Waals surface area (Å²) in [4.78, 5) is 30.4. The lowest BCUT2D eigenvalue weighted by molar-refractivity contribution is -0.145. The number of ether oxygens (including phenoxy) is 2. The van der Waals surface area contributed by atoms with Crippen molar-refractivity contribution in [3.8, 4) is 5.75 Å². The van der Waals surface area contributed by atoms with Crippen LogP contribution >= 0.6 is 11.6 Å². The Morgan fingerprint density at radius 1 is 1.12 bits per heavy atom. The highest BCUT2D eigenvalue weighted by molar-refractivity contribution is 6.30. The summed E-state index contributed by atoms with van der Waals surface area (Å²) in [7, 11) is 3.13. The Hall–Kier alpha value is -3.03. The minimum Gasteiger partial charge on any atom is -0.491 e. The van der Waals surface area contributed by atoms with E-state index in [1.54, 1.807) is 11.9 Å². The molecule has 1 fully saturated rings. The van der Waals surface area contributed by atoms with E-state index < -0.39 is 18.0 Å². The number of aliphatic hydroxyl groups is 1. The zero-order valence-electron chi connectivity index (χ0n) is 25.8. The molecule has 0 radical (unpaired) electrons. The number of aliphatic hydroxyl groups excluding tert-OH is 1. The van der Waals surface area contributed by atoms with Crippen molar-refractivity contribution in [1.82, 2.24) is 4.90 Å². The Bertz CT molecular complexity index is 1350. The van der Waals surface area contributed by atoms with Gasteiger partial charge in [0.1, 0.15) is 5.75 Å². The number of fused-ring (bicyclic) bond motifs is 2. The molecule has 2 aliphatic heterocycles. The van der Waals surface area contributed by atoms with E-state index in [-0.39, 0.29) is 30.1 Å². The highest BCUT2D eigenvalue weighted by Crippen LogP contribution is 2.43. The van der Waals surface area contributed by atoms with E-state index in [2.05, 4.69) is 24.0 Å². The molecule has 1 aliphatic carbocycles. The molecule has 1 N–H and O–H groups in total. The van der Waals surface area contributed by atoms with Gasteiger partial charge < -0.3 is 24.4 Å². The number of amides is 1. The molecule has 0 aromatic heterocycles. The van der Waals surface area contributed by atoms with Crippen molar-refractivity contribution in [2.75, 3.05) is 45.3 Å². The zero-order valence-corrected chi connectivity index (χ0v) is 26.6. The van der Waals surface area contributed by atoms with Gasteiger partial charge >= 0.3 is 5.97 Å². The molecule has 0 spiro atoms. The van der Waals surface area contributed by atoms with Crippen LogP contribution in [-0.2, 0) is 20.7 Å². The first-order chi connectivity index (χ1) is 20.7. The van der Waals surface area contributed by atoms with Crippen molar-refractivity contribution in [3.05, 3.63) is 70.3 Å². The monoisotopic (exact) mass is 608 g/mol. The van der Waals surface area contributed by atoms with Crippen LogP contribution in [0.2, 0.25) is 5.02 Å². The fraction of sp³-hybridized carbons (Fsp3) is 0.543. The number of methoxy groups -OCH3 is 1. The lowest BCUT2D eigenvalue weighted by Crippen LogP contribution is -2.44. The lowest BCUT2D eigenvalue weighted by atomic mass is 9.70. The normalized spacial score (nSPS) is 28.7. The third kappa shape index (κ3) is 7.04. The van der Waals surface area contributed by atoms with Gasteiger partial charge in [0.15, 0.2) is 0 Å². The average Bonchev–Trinajstić information content (AvgIpc) is 3.15. The number of hydrogen-bond acceptors (Lipinski definition) is 6. The van der Waals surface area contributed by atoms with Crippen molar-refractivity contribution in [2.45, 2.75) is 63.9 Å². The second-order valence-corrected chi connectivity index (χ2v) is 13.1. The van der Waals surface area contributed by atoms with E-state index in [9.17, 15) is 14.7 Å². The standard InChI is InChI=1S/C35H45ClN2O5/c1-5-6-23-15-27(36)10-12-28(23)26-20-38-19-25-8-11-29(25)32(39)13-7-22(2)18-37(3)34(40)17-30(35(41)42-4)24-9-14-33(43-21-26)31(38)16-24/h7,9-10,12-16,22,25-26,29-30,32,39H,5-6,8,11,17-21H2,1-4H3/b13-7-/t22-,25?,26?,29?,30?,32?/m1/s1. The molecule has 5 unspecified atom stereocenters. The summed E-state index contributed by atoms with van der Waals surface area (Å²) in [6.45, 7) is 6.73. The van der Waals surface area contributed by atoms with Crippen LogP contribution in [0, 0.1) is 17.8 Å². The highest BCUT2D eigenvalue weighted by atomic mass is 35.5. The van der Waals surface area contributed by atoms with Crippen molar-refractivity contribution >= 4 is 29.2 Å². The second-order valence-electron chi connectivity index (χ2n) is 12.6. The first kappa shape index (κ1) is 31.4. The molecule has 8 heteroatoms. The van der Waals surface area contributed by atoms with Crippen LogP contribution in [0.5, 0.6) is 5.75 Å². The summed E-state index contributed by atoms with van der Waals surface area (Å²) in [6.07, 6.45) is 7.39. The molecule has 2 aromatic rings. The minimum atomic E-state index is -0.726. The Morgan fingerprint density at radius 2 is 1.93 bits per heavy atom. The molecule has 2 bridgehead atoms. The molecule has 0 saturated heterocycles. The van der Waals surface area contributed by atoms with Crippen molar-refractivity contribution in [2.24, 2.45) is 17.8 Å². The maximum absolute atomic E-state index is 13.3. The predicted molar refractivity (Wildman–Crippen MR) is 170 cm³/mol. The Morgan fingerprint density at radius 3 is 2.65 bits per heavy atom. The van der Waals surface area contributed by atoms with E-state index in [0.29, 0.717) is 19.1 Å². The molecule has 5 rings (SSSR count). The number of hydrogen-bond donors (Lipinski definition) is 1. The second kappa shape index (κ2) is 13.7. The maximum Gasteiger partial charge on any atom is 0.313 e. The fourth-order valence-corrected chi connectivity index (χ4v) is 7.15. The van der Waals surface area contributed by atoms with Crippen LogP contribution in [0.1, 0.15) is 68.1 Å². The van der Waals surface area contributed by atoms with Gasteiger partial charge in [-0.1, -0.05) is 56.2 Å². The Balaban J connectivity index is 1.57. The summed E-state index contributed by atoms with van der Waals surface area (Å²) >= 11 is 6.41. The summed E-state index contributed by atoms with van der Waals surface area (Å²) in [6, 6.07) is 12.0. The van der Waals surface area contributed by atoms with E-state index in [1.807, 2.05) is 43.3 Å². The zero-order chi connectivity index (χ0) is 30.7. The fourth-order valence-electron chi connectivity index (χ4n) is 6.95. The number of nitrogens with zero attached hydrogens (tertiary/aromatic N) is 2. The number of esters is 1. The number of carbonyl (C=O) groups is 2. The SMILES string of the molecule is CCCc1cc(Cl)ccc1C1COc2ccc3cc2N(C1)CC1CCC1C(O)/C=C\[C@@H](C)CN(C)C(=O)CC3C(=O)OC. The number of rotatable bonds is 4.